The van der Waals surface area contributed by atoms with E-state index in [0.717, 1.165) is 0 Å². The molecule has 2 heterocycles. The second-order valence-corrected chi connectivity index (χ2v) is 8.17. The van der Waals surface area contributed by atoms with E-state index in [0.29, 0.717) is 23.4 Å². The quantitative estimate of drug-likeness (QED) is 0.897. The topological polar surface area (TPSA) is 58.6 Å². The lowest BCUT2D eigenvalue weighted by Crippen LogP contribution is -2.51. The van der Waals surface area contributed by atoms with Gasteiger partial charge in [0.15, 0.2) is 6.61 Å². The average molecular weight is 352 g/mol. The van der Waals surface area contributed by atoms with Crippen LogP contribution in [0.1, 0.15) is 16.6 Å². The molecule has 1 N–H and O–H groups in total. The van der Waals surface area contributed by atoms with Crippen LogP contribution in [0.5, 0.6) is 5.75 Å². The summed E-state index contributed by atoms with van der Waals surface area (Å²) in [4.78, 5) is 24.9. The number of amides is 2. The third kappa shape index (κ3) is 4.57. The van der Waals surface area contributed by atoms with E-state index in [4.69, 9.17) is 4.74 Å². The summed E-state index contributed by atoms with van der Waals surface area (Å²) in [6, 6.07) is 7.98. The molecule has 0 aliphatic carbocycles. The first kappa shape index (κ1) is 16.5. The van der Waals surface area contributed by atoms with Crippen LogP contribution < -0.4 is 10.1 Å². The van der Waals surface area contributed by atoms with Gasteiger partial charge in [0, 0.05) is 13.1 Å². The van der Waals surface area contributed by atoms with Gasteiger partial charge in [0.2, 0.25) is 5.91 Å². The smallest absolute Gasteiger partial charge is 0.261 e. The van der Waals surface area contributed by atoms with Crippen LogP contribution >= 0.6 is 23.5 Å². The molecule has 5 nitrogen and oxygen atoms in total. The zero-order chi connectivity index (χ0) is 16.1. The van der Waals surface area contributed by atoms with Crippen LogP contribution in [0, 0.1) is 0 Å². The van der Waals surface area contributed by atoms with Gasteiger partial charge in [-0.25, -0.2) is 0 Å². The molecule has 0 spiro atoms. The summed E-state index contributed by atoms with van der Waals surface area (Å²) in [5.74, 6) is 2.86. The van der Waals surface area contributed by atoms with Crippen molar-refractivity contribution in [3.63, 3.8) is 0 Å². The van der Waals surface area contributed by atoms with Crippen LogP contribution in [-0.4, -0.2) is 54.5 Å². The highest BCUT2D eigenvalue weighted by Crippen LogP contribution is 2.43. The highest BCUT2D eigenvalue weighted by molar-refractivity contribution is 8.16. The molecule has 2 saturated heterocycles. The molecule has 0 bridgehead atoms. The lowest BCUT2D eigenvalue weighted by atomic mass is 10.2. The minimum Gasteiger partial charge on any atom is -0.484 e. The van der Waals surface area contributed by atoms with Crippen molar-refractivity contribution in [1.29, 1.82) is 0 Å². The highest BCUT2D eigenvalue weighted by Gasteiger charge is 2.21. The molecule has 2 aliphatic rings. The molecule has 3 rings (SSSR count). The van der Waals surface area contributed by atoms with Gasteiger partial charge in [-0.05, 0) is 35.6 Å². The Bertz CT molecular complexity index is 559. The van der Waals surface area contributed by atoms with E-state index in [1.807, 2.05) is 35.7 Å². The molecule has 0 aromatic heterocycles. The van der Waals surface area contributed by atoms with Crippen LogP contribution in [0.25, 0.3) is 0 Å². The van der Waals surface area contributed by atoms with Gasteiger partial charge in [-0.2, -0.15) is 0 Å². The van der Waals surface area contributed by atoms with Gasteiger partial charge >= 0.3 is 0 Å². The van der Waals surface area contributed by atoms with Crippen molar-refractivity contribution in [1.82, 2.24) is 10.2 Å². The van der Waals surface area contributed by atoms with E-state index in [-0.39, 0.29) is 25.0 Å². The number of nitrogens with zero attached hydrogens (tertiary/aromatic N) is 1. The minimum atomic E-state index is -0.151. The molecule has 7 heteroatoms. The highest BCUT2D eigenvalue weighted by atomic mass is 32.2. The Labute approximate surface area is 144 Å². The summed E-state index contributed by atoms with van der Waals surface area (Å²) in [5.41, 5.74) is 1.30. The number of rotatable bonds is 4. The maximum atomic E-state index is 12.0. The van der Waals surface area contributed by atoms with Crippen LogP contribution in [0.15, 0.2) is 24.3 Å². The molecular weight excluding hydrogens is 332 g/mol. The second-order valence-electron chi connectivity index (χ2n) is 5.45. The van der Waals surface area contributed by atoms with E-state index in [1.165, 1.54) is 28.4 Å². The summed E-state index contributed by atoms with van der Waals surface area (Å²) in [7, 11) is 0. The first-order valence-electron chi connectivity index (χ1n) is 7.73. The fourth-order valence-corrected chi connectivity index (χ4v) is 5.38. The van der Waals surface area contributed by atoms with E-state index in [9.17, 15) is 9.59 Å². The first-order chi connectivity index (χ1) is 11.2. The monoisotopic (exact) mass is 352 g/mol. The molecule has 1 aromatic carbocycles. The third-order valence-corrected chi connectivity index (χ3v) is 6.75. The van der Waals surface area contributed by atoms with Crippen molar-refractivity contribution >= 4 is 35.3 Å². The molecule has 0 saturated carbocycles. The standard InChI is InChI=1S/C16H20N2O3S2/c19-14-10-18(7-6-17-14)15(20)11-21-13-4-2-12(3-5-13)16-22-8-1-9-23-16/h2-5,16H,1,6-11H2,(H,17,19). The van der Waals surface area contributed by atoms with Crippen molar-refractivity contribution in [2.45, 2.75) is 11.0 Å². The Morgan fingerprint density at radius 2 is 2.00 bits per heavy atom. The Morgan fingerprint density at radius 1 is 1.26 bits per heavy atom. The summed E-state index contributed by atoms with van der Waals surface area (Å²) >= 11 is 3.97. The number of nitrogens with one attached hydrogen (secondary N) is 1. The Kier molecular flexibility index (Phi) is 5.72. The maximum absolute atomic E-state index is 12.0. The average Bonchev–Trinajstić information content (AvgIpc) is 2.61. The fraction of sp³-hybridized carbons (Fsp3) is 0.500. The molecule has 2 amide bonds. The SMILES string of the molecule is O=C1CN(C(=O)COc2ccc(C3SCCCS3)cc2)CCN1. The Balaban J connectivity index is 1.50. The maximum Gasteiger partial charge on any atom is 0.261 e. The molecule has 1 aromatic rings. The number of benzene rings is 1. The van der Waals surface area contributed by atoms with Crippen LogP contribution in [0.4, 0.5) is 0 Å². The number of thioether (sulfide) groups is 2. The van der Waals surface area contributed by atoms with Crippen molar-refractivity contribution in [3.05, 3.63) is 29.8 Å². The number of hydrogen-bond acceptors (Lipinski definition) is 5. The predicted octanol–water partition coefficient (Wildman–Crippen LogP) is 1.89. The van der Waals surface area contributed by atoms with Crippen molar-refractivity contribution in [2.24, 2.45) is 0 Å². The van der Waals surface area contributed by atoms with E-state index in [1.54, 1.807) is 0 Å². The van der Waals surface area contributed by atoms with Crippen molar-refractivity contribution in [3.8, 4) is 5.75 Å². The lowest BCUT2D eigenvalue weighted by Gasteiger charge is -2.26. The van der Waals surface area contributed by atoms with E-state index < -0.39 is 0 Å². The molecule has 0 unspecified atom stereocenters. The Morgan fingerprint density at radius 3 is 2.70 bits per heavy atom. The minimum absolute atomic E-state index is 0.0282. The molecule has 23 heavy (non-hydrogen) atoms. The summed E-state index contributed by atoms with van der Waals surface area (Å²) in [6.45, 7) is 1.15. The van der Waals surface area contributed by atoms with Gasteiger partial charge < -0.3 is 15.0 Å². The zero-order valence-electron chi connectivity index (χ0n) is 12.8. The van der Waals surface area contributed by atoms with Gasteiger partial charge in [0.05, 0.1) is 11.1 Å². The molecule has 0 radical (unpaired) electrons. The fourth-order valence-electron chi connectivity index (χ4n) is 2.49. The van der Waals surface area contributed by atoms with Crippen LogP contribution in [0.2, 0.25) is 0 Å². The number of ether oxygens (including phenoxy) is 1. The first-order valence-corrected chi connectivity index (χ1v) is 9.82. The number of piperazine rings is 1. The van der Waals surface area contributed by atoms with Gasteiger partial charge in [0.1, 0.15) is 5.75 Å². The van der Waals surface area contributed by atoms with Crippen molar-refractivity contribution < 1.29 is 14.3 Å². The predicted molar refractivity (Wildman–Crippen MR) is 93.8 cm³/mol. The van der Waals surface area contributed by atoms with Gasteiger partial charge in [-0.1, -0.05) is 12.1 Å². The molecular formula is C16H20N2O3S2. The van der Waals surface area contributed by atoms with Gasteiger partial charge in [0.25, 0.3) is 5.91 Å². The van der Waals surface area contributed by atoms with Crippen LogP contribution in [0.3, 0.4) is 0 Å². The summed E-state index contributed by atoms with van der Waals surface area (Å²) in [6.07, 6.45) is 1.28. The second kappa shape index (κ2) is 7.97. The normalized spacial score (nSPS) is 19.3. The van der Waals surface area contributed by atoms with E-state index >= 15 is 0 Å². The van der Waals surface area contributed by atoms with Gasteiger partial charge in [-0.3, -0.25) is 9.59 Å². The largest absolute Gasteiger partial charge is 0.484 e. The Hall–Kier alpha value is -1.34. The molecule has 0 atom stereocenters. The number of carbonyl (C=O) groups excluding carboxylic acids is 2. The number of carbonyl (C=O) groups is 2. The number of hydrogen-bond donors (Lipinski definition) is 1. The molecule has 124 valence electrons. The van der Waals surface area contributed by atoms with Crippen molar-refractivity contribution in [2.75, 3.05) is 37.7 Å². The van der Waals surface area contributed by atoms with Crippen LogP contribution in [-0.2, 0) is 9.59 Å². The van der Waals surface area contributed by atoms with Gasteiger partial charge in [-0.15, -0.1) is 23.5 Å². The van der Waals surface area contributed by atoms with E-state index in [2.05, 4.69) is 17.4 Å². The zero-order valence-corrected chi connectivity index (χ0v) is 14.5. The molecule has 2 aliphatic heterocycles. The summed E-state index contributed by atoms with van der Waals surface area (Å²) < 4.78 is 6.07. The lowest BCUT2D eigenvalue weighted by molar-refractivity contribution is -0.139. The summed E-state index contributed by atoms with van der Waals surface area (Å²) in [5, 5.41) is 2.70. The third-order valence-electron chi connectivity index (χ3n) is 3.73. The molecule has 2 fully saturated rings.